The highest BCUT2D eigenvalue weighted by Crippen LogP contribution is 2.34. The van der Waals surface area contributed by atoms with Crippen LogP contribution in [0.15, 0.2) is 59.3 Å². The van der Waals surface area contributed by atoms with Crippen LogP contribution < -0.4 is 20.3 Å². The molecule has 0 aliphatic carbocycles. The van der Waals surface area contributed by atoms with E-state index in [-0.39, 0.29) is 11.7 Å². The minimum Gasteiger partial charge on any atom is -0.497 e. The second-order valence-corrected chi connectivity index (χ2v) is 6.32. The minimum atomic E-state index is -0.703. The first-order valence-electron chi connectivity index (χ1n) is 8.11. The van der Waals surface area contributed by atoms with Crippen LogP contribution in [0.4, 0.5) is 11.5 Å². The van der Waals surface area contributed by atoms with Gasteiger partial charge in [-0.05, 0) is 52.3 Å². The number of anilines is 1. The van der Waals surface area contributed by atoms with Gasteiger partial charge in [0.05, 0.1) is 17.6 Å². The van der Waals surface area contributed by atoms with Crippen LogP contribution >= 0.6 is 15.9 Å². The van der Waals surface area contributed by atoms with E-state index in [0.29, 0.717) is 21.5 Å². The Morgan fingerprint density at radius 2 is 1.79 bits per heavy atom. The zero-order valence-electron chi connectivity index (χ0n) is 15.0. The number of rotatable bonds is 7. The summed E-state index contributed by atoms with van der Waals surface area (Å²) in [7, 11) is 1.52. The summed E-state index contributed by atoms with van der Waals surface area (Å²) in [5, 5.41) is 11.6. The highest BCUT2D eigenvalue weighted by Gasteiger charge is 2.25. The van der Waals surface area contributed by atoms with Gasteiger partial charge < -0.3 is 9.47 Å². The van der Waals surface area contributed by atoms with Gasteiger partial charge in [0.15, 0.2) is 0 Å². The van der Waals surface area contributed by atoms with Crippen LogP contribution in [0.1, 0.15) is 10.4 Å². The molecule has 29 heavy (non-hydrogen) atoms. The van der Waals surface area contributed by atoms with Gasteiger partial charge in [0.1, 0.15) is 17.8 Å². The van der Waals surface area contributed by atoms with Crippen molar-refractivity contribution in [2.75, 3.05) is 12.5 Å². The van der Waals surface area contributed by atoms with Crippen LogP contribution in [0.2, 0.25) is 0 Å². The molecule has 0 bridgehead atoms. The van der Waals surface area contributed by atoms with Gasteiger partial charge in [-0.25, -0.2) is 4.98 Å². The number of nitrogens with one attached hydrogen (secondary N) is 2. The highest BCUT2D eigenvalue weighted by atomic mass is 79.9. The summed E-state index contributed by atoms with van der Waals surface area (Å²) in [4.78, 5) is 30.8. The summed E-state index contributed by atoms with van der Waals surface area (Å²) in [6.07, 6.45) is 1.08. The third-order valence-electron chi connectivity index (χ3n) is 3.66. The van der Waals surface area contributed by atoms with Crippen LogP contribution in [-0.2, 0) is 0 Å². The number of aromatic nitrogens is 2. The lowest BCUT2D eigenvalue weighted by Gasteiger charge is -2.11. The zero-order chi connectivity index (χ0) is 20.8. The van der Waals surface area contributed by atoms with E-state index in [9.17, 15) is 14.9 Å². The van der Waals surface area contributed by atoms with Crippen molar-refractivity contribution in [2.45, 2.75) is 0 Å². The fourth-order valence-corrected chi connectivity index (χ4v) is 2.74. The van der Waals surface area contributed by atoms with Crippen LogP contribution in [0.3, 0.4) is 0 Å². The second kappa shape index (κ2) is 8.97. The Morgan fingerprint density at radius 1 is 1.10 bits per heavy atom. The summed E-state index contributed by atoms with van der Waals surface area (Å²) in [5.41, 5.74) is 4.63. The summed E-state index contributed by atoms with van der Waals surface area (Å²) in [6.45, 7) is 0. The standard InChI is InChI=1S/C18H14BrN5O5/c1-28-11-6-8-12(9-7-11)29-18-15(24(26)27)16(20-10-21-18)22-23-17(25)13-4-2-3-5-14(13)19/h2-10H,1H3,(H,23,25)(H,20,21,22). The van der Waals surface area contributed by atoms with Gasteiger partial charge in [0, 0.05) is 4.47 Å². The Morgan fingerprint density at radius 3 is 2.45 bits per heavy atom. The predicted molar refractivity (Wildman–Crippen MR) is 107 cm³/mol. The van der Waals surface area contributed by atoms with Gasteiger partial charge in [-0.1, -0.05) is 12.1 Å². The number of hydrazine groups is 1. The Balaban J connectivity index is 1.82. The maximum Gasteiger partial charge on any atom is 0.374 e. The maximum absolute atomic E-state index is 12.3. The first-order chi connectivity index (χ1) is 14.0. The molecule has 0 radical (unpaired) electrons. The third kappa shape index (κ3) is 4.76. The van der Waals surface area contributed by atoms with Crippen LogP contribution in [0.5, 0.6) is 17.4 Å². The number of amides is 1. The van der Waals surface area contributed by atoms with Gasteiger partial charge >= 0.3 is 11.6 Å². The number of hydrogen-bond acceptors (Lipinski definition) is 8. The SMILES string of the molecule is COc1ccc(Oc2ncnc(NNC(=O)c3ccccc3Br)c2[N+](=O)[O-])cc1. The summed E-state index contributed by atoms with van der Waals surface area (Å²) >= 11 is 3.27. The first-order valence-corrected chi connectivity index (χ1v) is 8.91. The molecule has 0 spiro atoms. The molecule has 2 N–H and O–H groups in total. The first kappa shape index (κ1) is 20.0. The molecule has 148 valence electrons. The van der Waals surface area contributed by atoms with Gasteiger partial charge in [-0.2, -0.15) is 4.98 Å². The molecule has 3 rings (SSSR count). The smallest absolute Gasteiger partial charge is 0.374 e. The number of carbonyl (C=O) groups is 1. The molecule has 1 aromatic heterocycles. The number of methoxy groups -OCH3 is 1. The topological polar surface area (TPSA) is 129 Å². The van der Waals surface area contributed by atoms with Crippen molar-refractivity contribution < 1.29 is 19.2 Å². The van der Waals surface area contributed by atoms with E-state index in [1.165, 1.54) is 7.11 Å². The van der Waals surface area contributed by atoms with E-state index in [4.69, 9.17) is 9.47 Å². The van der Waals surface area contributed by atoms with E-state index < -0.39 is 16.5 Å². The number of halogens is 1. The molecule has 0 fully saturated rings. The van der Waals surface area contributed by atoms with Gasteiger partial charge in [0.25, 0.3) is 5.91 Å². The fourth-order valence-electron chi connectivity index (χ4n) is 2.28. The van der Waals surface area contributed by atoms with Crippen LogP contribution in [0.25, 0.3) is 0 Å². The van der Waals surface area contributed by atoms with Crippen LogP contribution in [-0.4, -0.2) is 27.9 Å². The van der Waals surface area contributed by atoms with Crippen molar-refractivity contribution in [1.29, 1.82) is 0 Å². The molecule has 0 aliphatic heterocycles. The molecule has 0 unspecified atom stereocenters. The molecule has 2 aromatic carbocycles. The van der Waals surface area contributed by atoms with E-state index in [0.717, 1.165) is 6.33 Å². The maximum atomic E-state index is 12.3. The Labute approximate surface area is 173 Å². The van der Waals surface area contributed by atoms with Crippen molar-refractivity contribution in [3.63, 3.8) is 0 Å². The third-order valence-corrected chi connectivity index (χ3v) is 4.35. The molecule has 0 aliphatic rings. The van der Waals surface area contributed by atoms with Crippen LogP contribution in [0, 0.1) is 10.1 Å². The molecule has 0 saturated carbocycles. The average molecular weight is 460 g/mol. The van der Waals surface area contributed by atoms with Gasteiger partial charge in [0.2, 0.25) is 5.82 Å². The number of carbonyl (C=O) groups excluding carboxylic acids is 1. The number of ether oxygens (including phenoxy) is 2. The summed E-state index contributed by atoms with van der Waals surface area (Å²) in [5.74, 6) is -0.104. The molecule has 3 aromatic rings. The fraction of sp³-hybridized carbons (Fsp3) is 0.0556. The summed E-state index contributed by atoms with van der Waals surface area (Å²) < 4.78 is 11.1. The molecule has 11 heteroatoms. The highest BCUT2D eigenvalue weighted by molar-refractivity contribution is 9.10. The Hall–Kier alpha value is -3.73. The largest absolute Gasteiger partial charge is 0.497 e. The zero-order valence-corrected chi connectivity index (χ0v) is 16.5. The molecule has 1 amide bonds. The molecule has 10 nitrogen and oxygen atoms in total. The van der Waals surface area contributed by atoms with Crippen molar-refractivity contribution in [1.82, 2.24) is 15.4 Å². The molecular formula is C18H14BrN5O5. The average Bonchev–Trinajstić information content (AvgIpc) is 2.72. The van der Waals surface area contributed by atoms with Gasteiger partial charge in [-0.15, -0.1) is 0 Å². The number of nitro groups is 1. The molecule has 1 heterocycles. The quantitative estimate of drug-likeness (QED) is 0.404. The van der Waals surface area contributed by atoms with Crippen molar-refractivity contribution in [3.05, 3.63) is 75.0 Å². The molecule has 0 atom stereocenters. The lowest BCUT2D eigenvalue weighted by molar-refractivity contribution is -0.385. The number of benzene rings is 2. The van der Waals surface area contributed by atoms with E-state index in [1.54, 1.807) is 48.5 Å². The van der Waals surface area contributed by atoms with Gasteiger partial charge in [-0.3, -0.25) is 25.8 Å². The number of nitrogens with zero attached hydrogens (tertiary/aromatic N) is 3. The minimum absolute atomic E-state index is 0.228. The second-order valence-electron chi connectivity index (χ2n) is 5.47. The number of hydrogen-bond donors (Lipinski definition) is 2. The van der Waals surface area contributed by atoms with E-state index in [1.807, 2.05) is 0 Å². The monoisotopic (exact) mass is 459 g/mol. The lowest BCUT2D eigenvalue weighted by Crippen LogP contribution is -2.30. The Kier molecular flexibility index (Phi) is 6.19. The Bertz CT molecular complexity index is 1050. The van der Waals surface area contributed by atoms with E-state index in [2.05, 4.69) is 36.7 Å². The van der Waals surface area contributed by atoms with Crippen molar-refractivity contribution in [3.8, 4) is 17.4 Å². The van der Waals surface area contributed by atoms with Crippen molar-refractivity contribution in [2.24, 2.45) is 0 Å². The predicted octanol–water partition coefficient (Wildman–Crippen LogP) is 3.71. The molecule has 0 saturated heterocycles. The summed E-state index contributed by atoms with van der Waals surface area (Å²) in [6, 6.07) is 13.2. The normalized spacial score (nSPS) is 10.1. The molecular weight excluding hydrogens is 446 g/mol. The van der Waals surface area contributed by atoms with Crippen molar-refractivity contribution >= 4 is 33.3 Å². The van der Waals surface area contributed by atoms with E-state index >= 15 is 0 Å². The lowest BCUT2D eigenvalue weighted by atomic mass is 10.2.